The molecule has 9 atom stereocenters. The minimum atomic E-state index is -1.88. The van der Waals surface area contributed by atoms with Crippen LogP contribution in [0.15, 0.2) is 12.2 Å². The molecule has 0 aromatic heterocycles. The number of fused-ring (bicyclic) bond motifs is 5. The highest BCUT2D eigenvalue weighted by Crippen LogP contribution is 2.67. The van der Waals surface area contributed by atoms with Crippen LogP contribution in [0, 0.1) is 46.3 Å². The van der Waals surface area contributed by atoms with E-state index < -0.39 is 20.4 Å². The Morgan fingerprint density at radius 3 is 2.42 bits per heavy atom. The van der Waals surface area contributed by atoms with Crippen LogP contribution in [0.1, 0.15) is 78.6 Å². The summed E-state index contributed by atoms with van der Waals surface area (Å²) in [6.45, 7) is 13.8. The number of carboxylic acids is 1. The molecule has 0 aliphatic heterocycles. The van der Waals surface area contributed by atoms with Crippen molar-refractivity contribution in [3.8, 4) is 0 Å². The Labute approximate surface area is 191 Å². The number of aliphatic carboxylic acids is 1. The van der Waals surface area contributed by atoms with E-state index in [1.807, 2.05) is 0 Å². The van der Waals surface area contributed by atoms with Crippen molar-refractivity contribution in [3.63, 3.8) is 0 Å². The monoisotopic (exact) mass is 446 g/mol. The van der Waals surface area contributed by atoms with E-state index in [4.69, 9.17) is 4.43 Å². The summed E-state index contributed by atoms with van der Waals surface area (Å²) in [5.74, 6) is 3.42. The summed E-state index contributed by atoms with van der Waals surface area (Å²) in [4.78, 5) is 11.9. The van der Waals surface area contributed by atoms with Gasteiger partial charge in [-0.05, 0) is 111 Å². The van der Waals surface area contributed by atoms with E-state index in [2.05, 4.69) is 52.6 Å². The summed E-state index contributed by atoms with van der Waals surface area (Å²) in [6.07, 6.45) is 16.2. The van der Waals surface area contributed by atoms with Crippen LogP contribution in [0.3, 0.4) is 0 Å². The zero-order chi connectivity index (χ0) is 22.6. The average molecular weight is 447 g/mol. The highest BCUT2D eigenvalue weighted by Gasteiger charge is 2.59. The molecular weight excluding hydrogens is 400 g/mol. The molecule has 0 spiro atoms. The summed E-state index contributed by atoms with van der Waals surface area (Å²) >= 11 is 0. The molecule has 4 aliphatic rings. The molecule has 3 fully saturated rings. The zero-order valence-corrected chi connectivity index (χ0v) is 21.8. The standard InChI is InChI=1S/C27H46O3Si/c1-18(17-24(25(28)29)30-31(4,5)6)21-12-13-22-20-11-10-19-9-7-8-15-26(19,2)23(20)14-16-27(21,22)3/h10-11,18-24H,7-9,12-17H2,1-6H3,(H,28,29)/t18-,19+,20+,21-,22+,23+,24?,26+,27-/m1/s1. The number of hydrogen-bond acceptors (Lipinski definition) is 2. The van der Waals surface area contributed by atoms with Crippen LogP contribution in [-0.2, 0) is 9.22 Å². The van der Waals surface area contributed by atoms with Crippen molar-refractivity contribution >= 4 is 14.3 Å². The summed E-state index contributed by atoms with van der Waals surface area (Å²) < 4.78 is 6.08. The maximum atomic E-state index is 11.9. The predicted molar refractivity (Wildman–Crippen MR) is 129 cm³/mol. The van der Waals surface area contributed by atoms with Gasteiger partial charge in [-0.25, -0.2) is 4.79 Å². The molecule has 3 nitrogen and oxygen atoms in total. The quantitative estimate of drug-likeness (QED) is 0.348. The van der Waals surface area contributed by atoms with Crippen molar-refractivity contribution < 1.29 is 14.3 Å². The lowest BCUT2D eigenvalue weighted by atomic mass is 9.46. The Hall–Kier alpha value is -0.613. The Balaban J connectivity index is 1.51. The number of rotatable bonds is 6. The highest BCUT2D eigenvalue weighted by atomic mass is 28.4. The molecule has 176 valence electrons. The van der Waals surface area contributed by atoms with Crippen LogP contribution in [0.2, 0.25) is 19.6 Å². The first-order valence-corrected chi connectivity index (χ1v) is 16.5. The van der Waals surface area contributed by atoms with Gasteiger partial charge in [0.25, 0.3) is 0 Å². The average Bonchev–Trinajstić information content (AvgIpc) is 3.03. The molecule has 0 bridgehead atoms. The van der Waals surface area contributed by atoms with Crippen LogP contribution in [0.4, 0.5) is 0 Å². The third-order valence-electron chi connectivity index (χ3n) is 10.2. The predicted octanol–water partition coefficient (Wildman–Crippen LogP) is 7.14. The van der Waals surface area contributed by atoms with E-state index in [0.29, 0.717) is 29.1 Å². The molecule has 31 heavy (non-hydrogen) atoms. The maximum absolute atomic E-state index is 11.9. The first-order chi connectivity index (χ1) is 14.5. The van der Waals surface area contributed by atoms with Crippen molar-refractivity contribution in [2.24, 2.45) is 46.3 Å². The second-order valence-electron chi connectivity index (χ2n) is 13.0. The SMILES string of the molecule is C[C@H](CC(O[Si](C)(C)C)C(=O)O)[C@H]1CC[C@H]2[C@@H]3C=C[C@@H]4CCCC[C@]4(C)[C@H]3CC[C@]12C. The lowest BCUT2D eigenvalue weighted by molar-refractivity contribution is -0.147. The van der Waals surface area contributed by atoms with Crippen LogP contribution >= 0.6 is 0 Å². The first-order valence-electron chi connectivity index (χ1n) is 13.0. The van der Waals surface area contributed by atoms with Gasteiger partial charge in [-0.15, -0.1) is 0 Å². The molecule has 0 saturated heterocycles. The van der Waals surface area contributed by atoms with Crippen molar-refractivity contribution in [2.45, 2.75) is 104 Å². The zero-order valence-electron chi connectivity index (χ0n) is 20.8. The van der Waals surface area contributed by atoms with Gasteiger partial charge in [-0.1, -0.05) is 45.8 Å². The number of allylic oxidation sites excluding steroid dienone is 2. The normalized spacial score (nSPS) is 44.1. The van der Waals surface area contributed by atoms with Gasteiger partial charge >= 0.3 is 5.97 Å². The molecule has 4 heteroatoms. The minimum absolute atomic E-state index is 0.352. The molecule has 0 amide bonds. The van der Waals surface area contributed by atoms with Crippen LogP contribution < -0.4 is 0 Å². The number of carbonyl (C=O) groups is 1. The molecule has 0 heterocycles. The lowest BCUT2D eigenvalue weighted by Gasteiger charge is -2.58. The van der Waals surface area contributed by atoms with E-state index >= 15 is 0 Å². The molecular formula is C27H46O3Si. The molecule has 0 aromatic rings. The smallest absolute Gasteiger partial charge is 0.331 e. The summed E-state index contributed by atoms with van der Waals surface area (Å²) in [7, 11) is -1.88. The van der Waals surface area contributed by atoms with Crippen LogP contribution in [0.5, 0.6) is 0 Å². The number of hydrogen-bond donors (Lipinski definition) is 1. The third kappa shape index (κ3) is 4.21. The van der Waals surface area contributed by atoms with Gasteiger partial charge in [0, 0.05) is 0 Å². The highest BCUT2D eigenvalue weighted by molar-refractivity contribution is 6.69. The fourth-order valence-electron chi connectivity index (χ4n) is 8.76. The molecule has 0 aromatic carbocycles. The van der Waals surface area contributed by atoms with Crippen molar-refractivity contribution in [2.75, 3.05) is 0 Å². The summed E-state index contributed by atoms with van der Waals surface area (Å²) in [5, 5.41) is 9.81. The lowest BCUT2D eigenvalue weighted by Crippen LogP contribution is -2.51. The van der Waals surface area contributed by atoms with Gasteiger partial charge in [0.1, 0.15) is 6.10 Å². The fraction of sp³-hybridized carbons (Fsp3) is 0.889. The fourth-order valence-corrected chi connectivity index (χ4v) is 9.81. The molecule has 1 N–H and O–H groups in total. The maximum Gasteiger partial charge on any atom is 0.331 e. The molecule has 4 rings (SSSR count). The third-order valence-corrected chi connectivity index (χ3v) is 11.2. The summed E-state index contributed by atoms with van der Waals surface area (Å²) in [6, 6.07) is 0. The van der Waals surface area contributed by atoms with Gasteiger partial charge in [-0.3, -0.25) is 0 Å². The van der Waals surface area contributed by atoms with E-state index in [1.165, 1.54) is 51.4 Å². The second kappa shape index (κ2) is 8.31. The largest absolute Gasteiger partial charge is 0.479 e. The summed E-state index contributed by atoms with van der Waals surface area (Å²) in [5.41, 5.74) is 0.868. The second-order valence-corrected chi connectivity index (χ2v) is 17.5. The molecule has 0 radical (unpaired) electrons. The number of carboxylic acid groups (broad SMARTS) is 1. The Morgan fingerprint density at radius 2 is 1.74 bits per heavy atom. The van der Waals surface area contributed by atoms with E-state index in [9.17, 15) is 9.90 Å². The van der Waals surface area contributed by atoms with Crippen molar-refractivity contribution in [1.82, 2.24) is 0 Å². The van der Waals surface area contributed by atoms with Gasteiger partial charge in [0.2, 0.25) is 0 Å². The molecule has 1 unspecified atom stereocenters. The van der Waals surface area contributed by atoms with Gasteiger partial charge in [0.05, 0.1) is 0 Å². The molecule has 4 aliphatic carbocycles. The van der Waals surface area contributed by atoms with Crippen LogP contribution in [0.25, 0.3) is 0 Å². The Bertz CT molecular complexity index is 712. The van der Waals surface area contributed by atoms with E-state index in [-0.39, 0.29) is 0 Å². The van der Waals surface area contributed by atoms with E-state index in [1.54, 1.807) is 0 Å². The van der Waals surface area contributed by atoms with Gasteiger partial charge in [-0.2, -0.15) is 0 Å². The molecule has 3 saturated carbocycles. The van der Waals surface area contributed by atoms with Crippen molar-refractivity contribution in [1.29, 1.82) is 0 Å². The Morgan fingerprint density at radius 1 is 1.03 bits per heavy atom. The Kier molecular flexibility index (Phi) is 6.31. The first kappa shape index (κ1) is 23.5. The minimum Gasteiger partial charge on any atom is -0.479 e. The van der Waals surface area contributed by atoms with E-state index in [0.717, 1.165) is 23.7 Å². The topological polar surface area (TPSA) is 46.5 Å². The van der Waals surface area contributed by atoms with Gasteiger partial charge < -0.3 is 9.53 Å². The van der Waals surface area contributed by atoms with Gasteiger partial charge in [0.15, 0.2) is 8.32 Å². The van der Waals surface area contributed by atoms with Crippen LogP contribution in [-0.4, -0.2) is 25.5 Å². The van der Waals surface area contributed by atoms with Crippen molar-refractivity contribution in [3.05, 3.63) is 12.2 Å².